The summed E-state index contributed by atoms with van der Waals surface area (Å²) in [5.41, 5.74) is 13.9. The highest BCUT2D eigenvalue weighted by molar-refractivity contribution is 5.85. The van der Waals surface area contributed by atoms with Gasteiger partial charge in [-0.15, -0.1) is 0 Å². The van der Waals surface area contributed by atoms with Crippen LogP contribution in [0.4, 0.5) is 22.7 Å². The van der Waals surface area contributed by atoms with Gasteiger partial charge in [-0.25, -0.2) is 0 Å². The van der Waals surface area contributed by atoms with Gasteiger partial charge in [0, 0.05) is 39.6 Å². The molecule has 2 heteroatoms. The van der Waals surface area contributed by atoms with Crippen molar-refractivity contribution >= 4 is 34.9 Å². The summed E-state index contributed by atoms with van der Waals surface area (Å²) < 4.78 is 0. The van der Waals surface area contributed by atoms with Crippen LogP contribution in [0.25, 0.3) is 23.3 Å². The lowest BCUT2D eigenvalue weighted by molar-refractivity contribution is 0.660. The fraction of sp³-hybridized carbons (Fsp3) is 0.111. The van der Waals surface area contributed by atoms with E-state index in [1.165, 1.54) is 27.8 Å². The summed E-state index contributed by atoms with van der Waals surface area (Å²) in [6, 6.07) is 43.4. The highest BCUT2D eigenvalue weighted by Crippen LogP contribution is 2.50. The summed E-state index contributed by atoms with van der Waals surface area (Å²) in [5, 5.41) is 0. The van der Waals surface area contributed by atoms with Gasteiger partial charge < -0.3 is 9.80 Å². The average molecular weight is 611 g/mol. The second-order valence-electron chi connectivity index (χ2n) is 12.5. The molecule has 232 valence electrons. The Bertz CT molecular complexity index is 1950. The standard InChI is InChI=1S/C45H42N2/c1-7-9-16-36(8-2)46(33(3)4)40-28-30-42-41-29-25-35(31-43(41)45(5,6)44(42)32-40)22-21-34-23-26-39(27-24-34)47(37-17-12-10-13-18-37)38-19-14-11-15-20-38/h7-32H,2-3H2,1,4-6H3/b9-7-,22-21+,36-16+. The number of para-hydroxylation sites is 2. The van der Waals surface area contributed by atoms with E-state index in [1.807, 2.05) is 32.1 Å². The van der Waals surface area contributed by atoms with Gasteiger partial charge >= 0.3 is 0 Å². The molecule has 6 rings (SSSR count). The van der Waals surface area contributed by atoms with E-state index in [-0.39, 0.29) is 5.41 Å². The van der Waals surface area contributed by atoms with E-state index >= 15 is 0 Å². The van der Waals surface area contributed by atoms with Crippen LogP contribution < -0.4 is 9.80 Å². The molecular weight excluding hydrogens is 569 g/mol. The van der Waals surface area contributed by atoms with Crippen LogP contribution in [-0.2, 0) is 5.41 Å². The fourth-order valence-electron chi connectivity index (χ4n) is 6.53. The number of hydrogen-bond donors (Lipinski definition) is 0. The predicted octanol–water partition coefficient (Wildman–Crippen LogP) is 12.6. The lowest BCUT2D eigenvalue weighted by Gasteiger charge is -2.28. The first kappa shape index (κ1) is 31.4. The van der Waals surface area contributed by atoms with E-state index in [0.717, 1.165) is 39.7 Å². The zero-order valence-corrected chi connectivity index (χ0v) is 27.8. The second kappa shape index (κ2) is 13.4. The van der Waals surface area contributed by atoms with Gasteiger partial charge in [0.15, 0.2) is 0 Å². The monoisotopic (exact) mass is 610 g/mol. The van der Waals surface area contributed by atoms with E-state index in [4.69, 9.17) is 0 Å². The first-order valence-electron chi connectivity index (χ1n) is 16.2. The van der Waals surface area contributed by atoms with Crippen LogP contribution in [-0.4, -0.2) is 0 Å². The molecule has 47 heavy (non-hydrogen) atoms. The molecular formula is C45H42N2. The van der Waals surface area contributed by atoms with Crippen molar-refractivity contribution in [1.82, 2.24) is 0 Å². The Balaban J connectivity index is 1.27. The minimum atomic E-state index is -0.146. The summed E-state index contributed by atoms with van der Waals surface area (Å²) in [6.45, 7) is 17.1. The summed E-state index contributed by atoms with van der Waals surface area (Å²) in [5.74, 6) is 0. The number of benzene rings is 5. The van der Waals surface area contributed by atoms with E-state index in [1.54, 1.807) is 0 Å². The Hall–Kier alpha value is -5.60. The molecule has 0 radical (unpaired) electrons. The van der Waals surface area contributed by atoms with Crippen LogP contribution >= 0.6 is 0 Å². The normalized spacial score (nSPS) is 13.4. The maximum atomic E-state index is 4.28. The third-order valence-electron chi connectivity index (χ3n) is 8.90. The molecule has 0 amide bonds. The van der Waals surface area contributed by atoms with Gasteiger partial charge in [0.25, 0.3) is 0 Å². The Morgan fingerprint density at radius 1 is 0.638 bits per heavy atom. The highest BCUT2D eigenvalue weighted by Gasteiger charge is 2.36. The van der Waals surface area contributed by atoms with Crippen molar-refractivity contribution in [2.75, 3.05) is 9.80 Å². The Morgan fingerprint density at radius 2 is 1.15 bits per heavy atom. The predicted molar refractivity (Wildman–Crippen MR) is 204 cm³/mol. The lowest BCUT2D eigenvalue weighted by Crippen LogP contribution is -2.20. The van der Waals surface area contributed by atoms with Gasteiger partial charge in [0.2, 0.25) is 0 Å². The van der Waals surface area contributed by atoms with Crippen LogP contribution in [0.15, 0.2) is 170 Å². The molecule has 0 aliphatic heterocycles. The maximum absolute atomic E-state index is 4.28. The first-order valence-corrected chi connectivity index (χ1v) is 16.2. The summed E-state index contributed by atoms with van der Waals surface area (Å²) in [6.07, 6.45) is 12.4. The molecule has 0 unspecified atom stereocenters. The Labute approximate surface area is 280 Å². The van der Waals surface area contributed by atoms with Crippen molar-refractivity contribution in [3.8, 4) is 11.1 Å². The van der Waals surface area contributed by atoms with Crippen LogP contribution in [0.1, 0.15) is 49.9 Å². The smallest absolute Gasteiger partial charge is 0.0462 e. The molecule has 0 bridgehead atoms. The average Bonchev–Trinajstić information content (AvgIpc) is 3.32. The molecule has 1 aliphatic carbocycles. The quantitative estimate of drug-likeness (QED) is 0.115. The van der Waals surface area contributed by atoms with Crippen LogP contribution in [0, 0.1) is 0 Å². The third-order valence-corrected chi connectivity index (χ3v) is 8.90. The SMILES string of the molecule is C=C/C(=C\C=C/C)N(C(=C)C)c1ccc2c(c1)C(C)(C)c1cc(/C=C/c3ccc(N(c4ccccc4)c4ccccc4)cc3)ccc1-2. The van der Waals surface area contributed by atoms with Gasteiger partial charge in [0.05, 0.1) is 0 Å². The summed E-state index contributed by atoms with van der Waals surface area (Å²) >= 11 is 0. The van der Waals surface area contributed by atoms with E-state index < -0.39 is 0 Å². The van der Waals surface area contributed by atoms with Gasteiger partial charge in [-0.05, 0) is 108 Å². The summed E-state index contributed by atoms with van der Waals surface area (Å²) in [4.78, 5) is 4.45. The number of allylic oxidation sites excluding steroid dienone is 5. The molecule has 0 spiro atoms. The molecule has 0 aromatic heterocycles. The van der Waals surface area contributed by atoms with E-state index in [9.17, 15) is 0 Å². The summed E-state index contributed by atoms with van der Waals surface area (Å²) in [7, 11) is 0. The molecule has 0 heterocycles. The van der Waals surface area contributed by atoms with Crippen molar-refractivity contribution in [1.29, 1.82) is 0 Å². The molecule has 0 atom stereocenters. The van der Waals surface area contributed by atoms with Gasteiger partial charge in [-0.1, -0.05) is 124 Å². The third kappa shape index (κ3) is 6.28. The fourth-order valence-corrected chi connectivity index (χ4v) is 6.53. The van der Waals surface area contributed by atoms with Crippen molar-refractivity contribution < 1.29 is 0 Å². The first-order chi connectivity index (χ1) is 22.8. The zero-order chi connectivity index (χ0) is 33.0. The van der Waals surface area contributed by atoms with Crippen molar-refractivity contribution in [2.45, 2.75) is 33.1 Å². The van der Waals surface area contributed by atoms with Crippen molar-refractivity contribution in [3.63, 3.8) is 0 Å². The topological polar surface area (TPSA) is 6.48 Å². The zero-order valence-electron chi connectivity index (χ0n) is 27.8. The van der Waals surface area contributed by atoms with Crippen LogP contribution in [0.5, 0.6) is 0 Å². The minimum absolute atomic E-state index is 0.146. The molecule has 1 aliphatic rings. The maximum Gasteiger partial charge on any atom is 0.0462 e. The van der Waals surface area contributed by atoms with Gasteiger partial charge in [-0.3, -0.25) is 0 Å². The number of fused-ring (bicyclic) bond motifs is 3. The van der Waals surface area contributed by atoms with Crippen LogP contribution in [0.2, 0.25) is 0 Å². The number of hydrogen-bond acceptors (Lipinski definition) is 2. The molecule has 0 N–H and O–H groups in total. The highest BCUT2D eigenvalue weighted by atomic mass is 15.1. The Morgan fingerprint density at radius 3 is 1.72 bits per heavy atom. The number of anilines is 4. The van der Waals surface area contributed by atoms with Crippen molar-refractivity contribution in [3.05, 3.63) is 192 Å². The molecule has 5 aromatic rings. The van der Waals surface area contributed by atoms with Crippen molar-refractivity contribution in [2.24, 2.45) is 0 Å². The molecule has 5 aromatic carbocycles. The van der Waals surface area contributed by atoms with E-state index in [0.29, 0.717) is 0 Å². The van der Waals surface area contributed by atoms with Gasteiger partial charge in [0.1, 0.15) is 0 Å². The molecule has 0 fully saturated rings. The second-order valence-corrected chi connectivity index (χ2v) is 12.5. The minimum Gasteiger partial charge on any atom is -0.315 e. The van der Waals surface area contributed by atoms with Crippen LogP contribution in [0.3, 0.4) is 0 Å². The lowest BCUT2D eigenvalue weighted by atomic mass is 9.81. The number of rotatable bonds is 10. The van der Waals surface area contributed by atoms with Gasteiger partial charge in [-0.2, -0.15) is 0 Å². The molecule has 2 nitrogen and oxygen atoms in total. The largest absolute Gasteiger partial charge is 0.315 e. The number of nitrogens with zero attached hydrogens (tertiary/aromatic N) is 2. The molecule has 0 saturated carbocycles. The molecule has 0 saturated heterocycles. The van der Waals surface area contributed by atoms with E-state index in [2.05, 4.69) is 176 Å². The Kier molecular flexibility index (Phi) is 8.95.